The van der Waals surface area contributed by atoms with Crippen LogP contribution in [0.2, 0.25) is 0 Å². The molecule has 3 rings (SSSR count). The number of benzene rings is 2. The molecular formula is C42H65N5O7. The molecule has 2 aromatic rings. The normalized spacial score (nSPS) is 16.4. The van der Waals surface area contributed by atoms with Gasteiger partial charge in [-0.25, -0.2) is 4.79 Å². The number of ether oxygens (including phenoxy) is 1. The van der Waals surface area contributed by atoms with Gasteiger partial charge in [-0.1, -0.05) is 101 Å². The van der Waals surface area contributed by atoms with Crippen molar-refractivity contribution in [1.82, 2.24) is 21.3 Å². The summed E-state index contributed by atoms with van der Waals surface area (Å²) in [4.78, 5) is 52.6. The first-order valence-electron chi connectivity index (χ1n) is 19.7. The number of nitrogens with two attached hydrogens (primary N) is 1. The maximum atomic E-state index is 13.4. The third-order valence-corrected chi connectivity index (χ3v) is 9.70. The van der Waals surface area contributed by atoms with Gasteiger partial charge >= 0.3 is 6.09 Å². The van der Waals surface area contributed by atoms with Crippen LogP contribution >= 0.6 is 0 Å². The van der Waals surface area contributed by atoms with Crippen molar-refractivity contribution >= 4 is 23.8 Å². The quantitative estimate of drug-likeness (QED) is 0.101. The molecule has 0 aromatic heterocycles. The second-order valence-electron chi connectivity index (χ2n) is 16.2. The van der Waals surface area contributed by atoms with E-state index in [0.29, 0.717) is 25.8 Å². The molecule has 0 spiro atoms. The first-order chi connectivity index (χ1) is 25.6. The molecular weight excluding hydrogens is 686 g/mol. The average molecular weight is 752 g/mol. The van der Waals surface area contributed by atoms with E-state index in [2.05, 4.69) is 21.3 Å². The first-order valence-corrected chi connectivity index (χ1v) is 19.7. The fourth-order valence-electron chi connectivity index (χ4n) is 6.93. The Morgan fingerprint density at radius 1 is 0.833 bits per heavy atom. The number of amides is 4. The summed E-state index contributed by atoms with van der Waals surface area (Å²) in [6.45, 7) is 9.89. The average Bonchev–Trinajstić information content (AvgIpc) is 3.12. The molecule has 2 aromatic carbocycles. The molecule has 4 amide bonds. The Labute approximate surface area is 321 Å². The Kier molecular flexibility index (Phi) is 18.4. The monoisotopic (exact) mass is 751 g/mol. The van der Waals surface area contributed by atoms with Gasteiger partial charge in [0.2, 0.25) is 17.7 Å². The Morgan fingerprint density at radius 3 is 2.15 bits per heavy atom. The second-order valence-corrected chi connectivity index (χ2v) is 16.2. The molecule has 0 bridgehead atoms. The van der Waals surface area contributed by atoms with Crippen LogP contribution in [0.3, 0.4) is 0 Å². The van der Waals surface area contributed by atoms with Gasteiger partial charge in [-0.3, -0.25) is 14.4 Å². The van der Waals surface area contributed by atoms with Gasteiger partial charge in [-0.05, 0) is 75.0 Å². The maximum absolute atomic E-state index is 13.4. The number of aliphatic hydroxyl groups is 2. The molecule has 0 saturated heterocycles. The second kappa shape index (κ2) is 22.4. The largest absolute Gasteiger partial charge is 0.444 e. The molecule has 1 saturated carbocycles. The van der Waals surface area contributed by atoms with Crippen LogP contribution in [0.5, 0.6) is 0 Å². The predicted octanol–water partition coefficient (Wildman–Crippen LogP) is 4.78. The lowest BCUT2D eigenvalue weighted by molar-refractivity contribution is -0.131. The lowest BCUT2D eigenvalue weighted by atomic mass is 9.83. The minimum atomic E-state index is -1.19. The van der Waals surface area contributed by atoms with Gasteiger partial charge in [-0.15, -0.1) is 0 Å². The fraction of sp³-hybridized carbons (Fsp3) is 0.619. The van der Waals surface area contributed by atoms with Crippen LogP contribution in [-0.4, -0.2) is 70.0 Å². The summed E-state index contributed by atoms with van der Waals surface area (Å²) in [5.41, 5.74) is 7.79. The molecule has 12 heteroatoms. The molecule has 1 aliphatic carbocycles. The zero-order valence-corrected chi connectivity index (χ0v) is 32.9. The van der Waals surface area contributed by atoms with E-state index in [1.807, 2.05) is 68.4 Å². The summed E-state index contributed by atoms with van der Waals surface area (Å²) in [5.74, 6) is -0.767. The van der Waals surface area contributed by atoms with E-state index in [1.165, 1.54) is 0 Å². The number of carbonyl (C=O) groups is 4. The Morgan fingerprint density at radius 2 is 1.50 bits per heavy atom. The number of aliphatic hydroxyl groups excluding tert-OH is 2. The highest BCUT2D eigenvalue weighted by atomic mass is 16.6. The molecule has 0 heterocycles. The summed E-state index contributed by atoms with van der Waals surface area (Å²) < 4.78 is 5.43. The third kappa shape index (κ3) is 17.0. The molecule has 0 aliphatic heterocycles. The van der Waals surface area contributed by atoms with Crippen molar-refractivity contribution < 1.29 is 34.1 Å². The minimum Gasteiger partial charge on any atom is -0.444 e. The molecule has 300 valence electrons. The van der Waals surface area contributed by atoms with Crippen LogP contribution in [0.1, 0.15) is 116 Å². The van der Waals surface area contributed by atoms with Crippen molar-refractivity contribution in [2.24, 2.45) is 17.6 Å². The van der Waals surface area contributed by atoms with Gasteiger partial charge in [0.05, 0.1) is 30.7 Å². The van der Waals surface area contributed by atoms with Crippen LogP contribution in [0.4, 0.5) is 4.79 Å². The number of alkyl carbamates (subject to hydrolysis) is 1. The van der Waals surface area contributed by atoms with Crippen molar-refractivity contribution in [3.05, 3.63) is 71.3 Å². The van der Waals surface area contributed by atoms with E-state index in [4.69, 9.17) is 10.5 Å². The zero-order valence-electron chi connectivity index (χ0n) is 32.9. The lowest BCUT2D eigenvalue weighted by Crippen LogP contribution is -2.50. The van der Waals surface area contributed by atoms with E-state index in [-0.39, 0.29) is 49.5 Å². The predicted molar refractivity (Wildman–Crippen MR) is 210 cm³/mol. The smallest absolute Gasteiger partial charge is 0.407 e. The van der Waals surface area contributed by atoms with Crippen LogP contribution < -0.4 is 27.0 Å². The van der Waals surface area contributed by atoms with Gasteiger partial charge < -0.3 is 42.0 Å². The fourth-order valence-corrected chi connectivity index (χ4v) is 6.93. The van der Waals surface area contributed by atoms with E-state index >= 15 is 0 Å². The lowest BCUT2D eigenvalue weighted by Gasteiger charge is -2.31. The van der Waals surface area contributed by atoms with E-state index in [0.717, 1.165) is 48.8 Å². The molecule has 1 aliphatic rings. The van der Waals surface area contributed by atoms with Crippen LogP contribution in [0, 0.1) is 11.8 Å². The molecule has 8 N–H and O–H groups in total. The van der Waals surface area contributed by atoms with E-state index < -0.39 is 47.9 Å². The first kappa shape index (κ1) is 44.4. The highest BCUT2D eigenvalue weighted by Gasteiger charge is 2.31. The number of rotatable bonds is 20. The van der Waals surface area contributed by atoms with E-state index in [9.17, 15) is 29.4 Å². The highest BCUT2D eigenvalue weighted by molar-refractivity contribution is 5.87. The SMILES string of the molecule is CC(C)C[C@H](NC(=O)C[C@H](O)[C@H](CC1CCCCC1)NC(=O)CC[C@H](O)[C@H](Cc1ccccc1)NC(=O)OC(C)(C)C)C(=O)NCc1cccc(CN)c1. The van der Waals surface area contributed by atoms with Crippen LogP contribution in [-0.2, 0) is 38.6 Å². The molecule has 54 heavy (non-hydrogen) atoms. The molecule has 0 unspecified atom stereocenters. The Hall–Kier alpha value is -4.00. The Bertz CT molecular complexity index is 1460. The summed E-state index contributed by atoms with van der Waals surface area (Å²) in [6, 6.07) is 14.9. The number of hydrogen-bond acceptors (Lipinski definition) is 8. The standard InChI is InChI=1S/C42H65N5O7/c1-28(2)21-35(40(52)44-27-32-18-12-17-31(22-32)26-43)46-39(51)25-37(49)34(24-30-15-10-7-11-16-30)45-38(50)20-19-36(48)33(23-29-13-8-6-9-14-29)47-41(53)54-42(3,4)5/h6,8-9,12-14,17-18,22,28,30,33-37,48-49H,7,10-11,15-16,19-21,23-27,43H2,1-5H3,(H,44,52)(H,45,50)(H,46,51)(H,47,53)/t33-,34-,35-,36-,37-/m0/s1. The van der Waals surface area contributed by atoms with E-state index in [1.54, 1.807) is 20.8 Å². The summed E-state index contributed by atoms with van der Waals surface area (Å²) in [6.07, 6.45) is 3.28. The topological polar surface area (TPSA) is 192 Å². The number of nitrogens with one attached hydrogen (secondary N) is 4. The van der Waals surface area contributed by atoms with Gasteiger partial charge in [0.25, 0.3) is 0 Å². The van der Waals surface area contributed by atoms with Crippen molar-refractivity contribution in [3.8, 4) is 0 Å². The van der Waals surface area contributed by atoms with Crippen molar-refractivity contribution in [1.29, 1.82) is 0 Å². The van der Waals surface area contributed by atoms with Gasteiger partial charge in [0.15, 0.2) is 0 Å². The molecule has 1 fully saturated rings. The van der Waals surface area contributed by atoms with Crippen molar-refractivity contribution in [2.75, 3.05) is 0 Å². The molecule has 0 radical (unpaired) electrons. The minimum absolute atomic E-state index is 0.0500. The summed E-state index contributed by atoms with van der Waals surface area (Å²) in [7, 11) is 0. The molecule has 5 atom stereocenters. The number of hydrogen-bond donors (Lipinski definition) is 7. The van der Waals surface area contributed by atoms with Gasteiger partial charge in [0.1, 0.15) is 11.6 Å². The Balaban J connectivity index is 1.64. The van der Waals surface area contributed by atoms with Crippen LogP contribution in [0.25, 0.3) is 0 Å². The highest BCUT2D eigenvalue weighted by Crippen LogP contribution is 2.28. The zero-order chi connectivity index (χ0) is 39.7. The summed E-state index contributed by atoms with van der Waals surface area (Å²) >= 11 is 0. The van der Waals surface area contributed by atoms with Crippen molar-refractivity contribution in [2.45, 2.75) is 154 Å². The van der Waals surface area contributed by atoms with Crippen molar-refractivity contribution in [3.63, 3.8) is 0 Å². The maximum Gasteiger partial charge on any atom is 0.407 e. The van der Waals surface area contributed by atoms with Gasteiger partial charge in [-0.2, -0.15) is 0 Å². The van der Waals surface area contributed by atoms with Gasteiger partial charge in [0, 0.05) is 19.5 Å². The van der Waals surface area contributed by atoms with Crippen LogP contribution in [0.15, 0.2) is 54.6 Å². The number of carbonyl (C=O) groups excluding carboxylic acids is 4. The third-order valence-electron chi connectivity index (χ3n) is 9.70. The summed E-state index contributed by atoms with van der Waals surface area (Å²) in [5, 5.41) is 34.1. The molecule has 12 nitrogen and oxygen atoms in total.